The van der Waals surface area contributed by atoms with Crippen LogP contribution in [0.4, 0.5) is 0 Å². The van der Waals surface area contributed by atoms with E-state index in [9.17, 15) is 9.90 Å². The molecule has 0 spiro atoms. The zero-order chi connectivity index (χ0) is 7.40. The lowest BCUT2D eigenvalue weighted by molar-refractivity contribution is -0.297. The topological polar surface area (TPSA) is 61.4 Å². The Balaban J connectivity index is 2.45. The third-order valence-electron chi connectivity index (χ3n) is 1.13. The fourth-order valence-corrected chi connectivity index (χ4v) is 0.717. The van der Waals surface area contributed by atoms with E-state index >= 15 is 0 Å². The molecule has 1 rings (SSSR count). The Morgan fingerprint density at radius 3 is 3.10 bits per heavy atom. The normalized spacial score (nSPS) is 21.4. The van der Waals surface area contributed by atoms with Crippen molar-refractivity contribution in [1.82, 2.24) is 5.32 Å². The molecule has 0 bridgehead atoms. The maximum absolute atomic E-state index is 9.96. The van der Waals surface area contributed by atoms with Gasteiger partial charge in [0.1, 0.15) is 0 Å². The van der Waals surface area contributed by atoms with Gasteiger partial charge in [-0.1, -0.05) is 0 Å². The van der Waals surface area contributed by atoms with Gasteiger partial charge < -0.3 is 20.0 Å². The molecule has 1 saturated heterocycles. The lowest BCUT2D eigenvalue weighted by atomic mass is 10.4. The van der Waals surface area contributed by atoms with Crippen molar-refractivity contribution in [2.45, 2.75) is 6.42 Å². The van der Waals surface area contributed by atoms with Gasteiger partial charge in [-0.3, -0.25) is 0 Å². The van der Waals surface area contributed by atoms with Crippen molar-refractivity contribution in [3.8, 4) is 0 Å². The molecule has 1 heterocycles. The molecule has 1 fully saturated rings. The van der Waals surface area contributed by atoms with E-state index in [2.05, 4.69) is 5.32 Å². The van der Waals surface area contributed by atoms with Gasteiger partial charge in [0, 0.05) is 12.6 Å². The van der Waals surface area contributed by atoms with Crippen molar-refractivity contribution < 1.29 is 14.6 Å². The fraction of sp³-hybridized carbons (Fsp3) is 0.500. The number of aliphatic carboxylic acids is 1. The number of hydrogen-bond donors (Lipinski definition) is 1. The average molecular weight is 142 g/mol. The predicted molar refractivity (Wildman–Crippen MR) is 31.7 cm³/mol. The summed E-state index contributed by atoms with van der Waals surface area (Å²) in [6.45, 7) is 1.34. The summed E-state index contributed by atoms with van der Waals surface area (Å²) in [5.74, 6) is -0.935. The maximum atomic E-state index is 9.96. The minimum absolute atomic E-state index is 0.297. The molecule has 1 N–H and O–H groups in total. The Hall–Kier alpha value is -1.19. The number of carboxylic acids is 1. The molecular formula is C6H8NO3-. The first-order chi connectivity index (χ1) is 4.79. The highest BCUT2D eigenvalue weighted by Gasteiger charge is 2.02. The molecule has 0 radical (unpaired) electrons. The lowest BCUT2D eigenvalue weighted by Gasteiger charge is -2.17. The first-order valence-corrected chi connectivity index (χ1v) is 3.08. The first kappa shape index (κ1) is 6.92. The number of carboxylic acid groups (broad SMARTS) is 1. The van der Waals surface area contributed by atoms with Crippen molar-refractivity contribution >= 4 is 5.97 Å². The number of nitrogens with one attached hydrogen (secondary N) is 1. The minimum Gasteiger partial charge on any atom is -0.545 e. The molecule has 0 saturated carbocycles. The summed E-state index contributed by atoms with van der Waals surface area (Å²) >= 11 is 0. The van der Waals surface area contributed by atoms with Crippen LogP contribution in [0.1, 0.15) is 6.42 Å². The van der Waals surface area contributed by atoms with Gasteiger partial charge in [0.05, 0.1) is 12.6 Å². The van der Waals surface area contributed by atoms with Crippen LogP contribution in [0.25, 0.3) is 0 Å². The summed E-state index contributed by atoms with van der Waals surface area (Å²) < 4.78 is 4.92. The molecule has 1 aliphatic rings. The van der Waals surface area contributed by atoms with Crippen LogP contribution >= 0.6 is 0 Å². The van der Waals surface area contributed by atoms with E-state index in [-0.39, 0.29) is 0 Å². The summed E-state index contributed by atoms with van der Waals surface area (Å²) in [5.41, 5.74) is 0. The van der Waals surface area contributed by atoms with Crippen molar-refractivity contribution in [3.05, 3.63) is 12.0 Å². The summed E-state index contributed by atoms with van der Waals surface area (Å²) in [6.07, 6.45) is 1.82. The Kier molecular flexibility index (Phi) is 2.15. The van der Waals surface area contributed by atoms with E-state index in [1.54, 1.807) is 0 Å². The molecule has 0 aliphatic carbocycles. The molecule has 0 amide bonds. The van der Waals surface area contributed by atoms with Gasteiger partial charge >= 0.3 is 0 Å². The van der Waals surface area contributed by atoms with Gasteiger partial charge in [0.2, 0.25) is 0 Å². The largest absolute Gasteiger partial charge is 0.545 e. The molecule has 10 heavy (non-hydrogen) atoms. The second kappa shape index (κ2) is 3.10. The molecule has 0 aromatic heterocycles. The zero-order valence-electron chi connectivity index (χ0n) is 5.42. The fourth-order valence-electron chi connectivity index (χ4n) is 0.717. The van der Waals surface area contributed by atoms with Gasteiger partial charge in [-0.2, -0.15) is 0 Å². The Morgan fingerprint density at radius 1 is 1.80 bits per heavy atom. The summed E-state index contributed by atoms with van der Waals surface area (Å²) in [6, 6.07) is 0. The van der Waals surface area contributed by atoms with Crippen LogP contribution in [0.3, 0.4) is 0 Å². The number of hydrogen-bond acceptors (Lipinski definition) is 4. The Labute approximate surface area is 58.5 Å². The average Bonchev–Trinajstić information content (AvgIpc) is 1.88. The Bertz CT molecular complexity index is 156. The molecule has 0 unspecified atom stereocenters. The molecule has 0 aromatic carbocycles. The van der Waals surface area contributed by atoms with Crippen LogP contribution in [0.2, 0.25) is 0 Å². The van der Waals surface area contributed by atoms with Crippen LogP contribution in [0, 0.1) is 0 Å². The second-order valence-electron chi connectivity index (χ2n) is 1.96. The third-order valence-corrected chi connectivity index (χ3v) is 1.13. The van der Waals surface area contributed by atoms with Crippen LogP contribution in [0.15, 0.2) is 12.0 Å². The lowest BCUT2D eigenvalue weighted by Crippen LogP contribution is -2.28. The molecule has 4 heteroatoms. The van der Waals surface area contributed by atoms with E-state index < -0.39 is 5.97 Å². The molecular weight excluding hydrogens is 134 g/mol. The van der Waals surface area contributed by atoms with Gasteiger partial charge in [0.25, 0.3) is 0 Å². The van der Waals surface area contributed by atoms with Crippen LogP contribution in [-0.2, 0) is 9.53 Å². The van der Waals surface area contributed by atoms with Crippen molar-refractivity contribution in [2.24, 2.45) is 0 Å². The Morgan fingerprint density at radius 2 is 2.60 bits per heavy atom. The van der Waals surface area contributed by atoms with Crippen LogP contribution in [0.5, 0.6) is 0 Å². The molecule has 56 valence electrons. The minimum atomic E-state index is -1.23. The van der Waals surface area contributed by atoms with E-state index in [0.717, 1.165) is 19.0 Å². The highest BCUT2D eigenvalue weighted by Crippen LogP contribution is 1.99. The van der Waals surface area contributed by atoms with Crippen LogP contribution < -0.4 is 10.4 Å². The smallest absolute Gasteiger partial charge is 0.188 e. The third kappa shape index (κ3) is 1.97. The predicted octanol–water partition coefficient (Wildman–Crippen LogP) is -1.41. The van der Waals surface area contributed by atoms with Crippen molar-refractivity contribution in [1.29, 1.82) is 0 Å². The maximum Gasteiger partial charge on any atom is 0.188 e. The van der Waals surface area contributed by atoms with Gasteiger partial charge in [0.15, 0.2) is 5.88 Å². The van der Waals surface area contributed by atoms with Gasteiger partial charge in [-0.25, -0.2) is 0 Å². The zero-order valence-corrected chi connectivity index (χ0v) is 5.42. The molecule has 4 nitrogen and oxygen atoms in total. The van der Waals surface area contributed by atoms with Crippen molar-refractivity contribution in [2.75, 3.05) is 13.2 Å². The summed E-state index contributed by atoms with van der Waals surface area (Å²) in [4.78, 5) is 9.96. The van der Waals surface area contributed by atoms with E-state index in [1.807, 2.05) is 0 Å². The molecule has 1 aliphatic heterocycles. The second-order valence-corrected chi connectivity index (χ2v) is 1.96. The molecule has 0 atom stereocenters. The quantitative estimate of drug-likeness (QED) is 0.457. The van der Waals surface area contributed by atoms with Crippen LogP contribution in [-0.4, -0.2) is 19.1 Å². The number of carbonyl (C=O) groups is 1. The SMILES string of the molecule is O=C([O-])/C=C1/NCCCO1. The van der Waals surface area contributed by atoms with Gasteiger partial charge in [-0.15, -0.1) is 0 Å². The standard InChI is InChI=1S/C6H9NO3/c8-6(9)4-5-7-2-1-3-10-5/h4,7H,1-3H2,(H,8,9)/p-1/b5-4-. The van der Waals surface area contributed by atoms with E-state index in [1.165, 1.54) is 0 Å². The highest BCUT2D eigenvalue weighted by molar-refractivity contribution is 5.78. The van der Waals surface area contributed by atoms with E-state index in [0.29, 0.717) is 12.5 Å². The van der Waals surface area contributed by atoms with Gasteiger partial charge in [-0.05, 0) is 6.42 Å². The first-order valence-electron chi connectivity index (χ1n) is 3.08. The van der Waals surface area contributed by atoms with Crippen molar-refractivity contribution in [3.63, 3.8) is 0 Å². The number of ether oxygens (including phenoxy) is 1. The number of rotatable bonds is 1. The number of carbonyl (C=O) groups excluding carboxylic acids is 1. The summed E-state index contributed by atoms with van der Waals surface area (Å²) in [5, 5.41) is 12.7. The van der Waals surface area contributed by atoms with E-state index in [4.69, 9.17) is 4.74 Å². The monoisotopic (exact) mass is 142 g/mol. The molecule has 0 aromatic rings. The highest BCUT2D eigenvalue weighted by atomic mass is 16.5. The summed E-state index contributed by atoms with van der Waals surface area (Å²) in [7, 11) is 0.